The Balaban J connectivity index is 1.64. The van der Waals surface area contributed by atoms with Gasteiger partial charge in [-0.2, -0.15) is 0 Å². The largest absolute Gasteiger partial charge is 0.459 e. The van der Waals surface area contributed by atoms with E-state index in [-0.39, 0.29) is 6.04 Å². The average Bonchev–Trinajstić information content (AvgIpc) is 2.94. The molecule has 116 valence electrons. The third kappa shape index (κ3) is 5.13. The lowest BCUT2D eigenvalue weighted by molar-refractivity contribution is 0.0484. The summed E-state index contributed by atoms with van der Waals surface area (Å²) in [7, 11) is 1.66. The first kappa shape index (κ1) is 16.0. The van der Waals surface area contributed by atoms with Gasteiger partial charge in [0, 0.05) is 25.7 Å². The Hall–Kier alpha value is -1.40. The highest BCUT2D eigenvalue weighted by Crippen LogP contribution is 2.22. The molecule has 0 saturated heterocycles. The van der Waals surface area contributed by atoms with E-state index in [0.29, 0.717) is 33.0 Å². The molecule has 2 rings (SSSR count). The molecule has 0 spiro atoms. The Morgan fingerprint density at radius 1 is 1.10 bits per heavy atom. The summed E-state index contributed by atoms with van der Waals surface area (Å²) >= 11 is 0. The molecule has 1 aromatic heterocycles. The van der Waals surface area contributed by atoms with Crippen LogP contribution in [0.4, 0.5) is 0 Å². The molecule has 0 aliphatic carbocycles. The molecule has 0 bridgehead atoms. The molecular formula is C16H23NO4. The van der Waals surface area contributed by atoms with E-state index in [1.165, 1.54) is 0 Å². The van der Waals surface area contributed by atoms with Crippen LogP contribution < -0.4 is 5.73 Å². The predicted molar refractivity (Wildman–Crippen MR) is 81.3 cm³/mol. The number of para-hydroxylation sites is 1. The Bertz CT molecular complexity index is 493. The quantitative estimate of drug-likeness (QED) is 0.682. The second kappa shape index (κ2) is 8.79. The van der Waals surface area contributed by atoms with Crippen LogP contribution >= 0.6 is 0 Å². The number of nitrogens with two attached hydrogens (primary N) is 1. The molecular weight excluding hydrogens is 270 g/mol. The van der Waals surface area contributed by atoms with Gasteiger partial charge in [0.15, 0.2) is 0 Å². The van der Waals surface area contributed by atoms with Gasteiger partial charge in [-0.15, -0.1) is 0 Å². The summed E-state index contributed by atoms with van der Waals surface area (Å²) in [6.45, 7) is 2.98. The maximum Gasteiger partial charge on any atom is 0.134 e. The van der Waals surface area contributed by atoms with Crippen molar-refractivity contribution in [1.82, 2.24) is 0 Å². The summed E-state index contributed by atoms with van der Waals surface area (Å²) in [4.78, 5) is 0. The maximum atomic E-state index is 6.07. The third-order valence-corrected chi connectivity index (χ3v) is 3.12. The predicted octanol–water partition coefficient (Wildman–Crippen LogP) is 2.50. The Labute approximate surface area is 125 Å². The highest BCUT2D eigenvalue weighted by atomic mass is 16.5. The SMILES string of the molecule is COCCOCCCOCC(N)c1cc2ccccc2o1. The zero-order valence-electron chi connectivity index (χ0n) is 12.4. The van der Waals surface area contributed by atoms with Crippen LogP contribution in [0.3, 0.4) is 0 Å². The van der Waals surface area contributed by atoms with Gasteiger partial charge in [0.05, 0.1) is 25.9 Å². The number of rotatable bonds is 10. The fourth-order valence-electron chi connectivity index (χ4n) is 1.98. The zero-order chi connectivity index (χ0) is 14.9. The van der Waals surface area contributed by atoms with E-state index in [1.807, 2.05) is 30.3 Å². The average molecular weight is 293 g/mol. The van der Waals surface area contributed by atoms with Gasteiger partial charge in [-0.25, -0.2) is 0 Å². The minimum atomic E-state index is -0.244. The van der Waals surface area contributed by atoms with Crippen molar-refractivity contribution in [2.45, 2.75) is 12.5 Å². The molecule has 0 amide bonds. The summed E-state index contributed by atoms with van der Waals surface area (Å²) in [5, 5.41) is 1.06. The normalized spacial score (nSPS) is 12.9. The number of hydrogen-bond donors (Lipinski definition) is 1. The summed E-state index contributed by atoms with van der Waals surface area (Å²) < 4.78 is 21.5. The minimum Gasteiger partial charge on any atom is -0.459 e. The number of fused-ring (bicyclic) bond motifs is 1. The molecule has 1 atom stereocenters. The van der Waals surface area contributed by atoms with Gasteiger partial charge >= 0.3 is 0 Å². The molecule has 0 fully saturated rings. The molecule has 0 radical (unpaired) electrons. The van der Waals surface area contributed by atoms with Crippen molar-refractivity contribution in [2.75, 3.05) is 40.1 Å². The van der Waals surface area contributed by atoms with Crippen molar-refractivity contribution in [1.29, 1.82) is 0 Å². The van der Waals surface area contributed by atoms with Crippen molar-refractivity contribution < 1.29 is 18.6 Å². The van der Waals surface area contributed by atoms with E-state index < -0.39 is 0 Å². The summed E-state index contributed by atoms with van der Waals surface area (Å²) in [6.07, 6.45) is 0.844. The van der Waals surface area contributed by atoms with Crippen molar-refractivity contribution in [2.24, 2.45) is 5.73 Å². The van der Waals surface area contributed by atoms with Gasteiger partial charge in [-0.05, 0) is 18.6 Å². The van der Waals surface area contributed by atoms with Gasteiger partial charge in [0.25, 0.3) is 0 Å². The highest BCUT2D eigenvalue weighted by molar-refractivity contribution is 5.77. The van der Waals surface area contributed by atoms with E-state index in [0.717, 1.165) is 23.2 Å². The van der Waals surface area contributed by atoms with E-state index in [9.17, 15) is 0 Å². The highest BCUT2D eigenvalue weighted by Gasteiger charge is 2.11. The standard InChI is InChI=1S/C16H23NO4/c1-18-9-10-19-7-4-8-20-12-14(17)16-11-13-5-2-3-6-15(13)21-16/h2-3,5-6,11,14H,4,7-10,12,17H2,1H3. The van der Waals surface area contributed by atoms with Gasteiger partial charge in [0.1, 0.15) is 11.3 Å². The van der Waals surface area contributed by atoms with Crippen LogP contribution in [0.2, 0.25) is 0 Å². The fraction of sp³-hybridized carbons (Fsp3) is 0.500. The minimum absolute atomic E-state index is 0.244. The zero-order valence-corrected chi connectivity index (χ0v) is 12.4. The molecule has 2 N–H and O–H groups in total. The first-order valence-electron chi connectivity index (χ1n) is 7.19. The van der Waals surface area contributed by atoms with Gasteiger partial charge in [-0.1, -0.05) is 18.2 Å². The Morgan fingerprint density at radius 2 is 1.90 bits per heavy atom. The second-order valence-corrected chi connectivity index (χ2v) is 4.83. The van der Waals surface area contributed by atoms with Crippen LogP contribution in [-0.4, -0.2) is 40.1 Å². The molecule has 5 heteroatoms. The molecule has 21 heavy (non-hydrogen) atoms. The van der Waals surface area contributed by atoms with E-state index in [1.54, 1.807) is 7.11 Å². The van der Waals surface area contributed by atoms with E-state index in [4.69, 9.17) is 24.4 Å². The molecule has 1 unspecified atom stereocenters. The van der Waals surface area contributed by atoms with Crippen LogP contribution in [0.25, 0.3) is 11.0 Å². The van der Waals surface area contributed by atoms with Crippen molar-refractivity contribution in [3.05, 3.63) is 36.1 Å². The van der Waals surface area contributed by atoms with Crippen molar-refractivity contribution in [3.63, 3.8) is 0 Å². The summed E-state index contributed by atoms with van der Waals surface area (Å²) in [5.41, 5.74) is 6.93. The molecule has 0 aliphatic heterocycles. The molecule has 1 heterocycles. The van der Waals surface area contributed by atoms with Crippen LogP contribution in [0.1, 0.15) is 18.2 Å². The number of ether oxygens (including phenoxy) is 3. The van der Waals surface area contributed by atoms with E-state index >= 15 is 0 Å². The number of methoxy groups -OCH3 is 1. The van der Waals surface area contributed by atoms with Gasteiger partial charge < -0.3 is 24.4 Å². The molecule has 0 aliphatic rings. The lowest BCUT2D eigenvalue weighted by Crippen LogP contribution is -2.17. The first-order valence-corrected chi connectivity index (χ1v) is 7.19. The van der Waals surface area contributed by atoms with Crippen LogP contribution in [-0.2, 0) is 14.2 Å². The van der Waals surface area contributed by atoms with Crippen LogP contribution in [0.5, 0.6) is 0 Å². The third-order valence-electron chi connectivity index (χ3n) is 3.12. The van der Waals surface area contributed by atoms with E-state index in [2.05, 4.69) is 0 Å². The summed E-state index contributed by atoms with van der Waals surface area (Å²) in [6, 6.07) is 9.59. The molecule has 1 aromatic carbocycles. The Kier molecular flexibility index (Phi) is 6.69. The lowest BCUT2D eigenvalue weighted by atomic mass is 10.2. The number of furan rings is 1. The van der Waals surface area contributed by atoms with Crippen LogP contribution in [0, 0.1) is 0 Å². The van der Waals surface area contributed by atoms with Gasteiger partial charge in [-0.3, -0.25) is 0 Å². The number of benzene rings is 1. The van der Waals surface area contributed by atoms with Crippen molar-refractivity contribution in [3.8, 4) is 0 Å². The topological polar surface area (TPSA) is 66.8 Å². The Morgan fingerprint density at radius 3 is 2.71 bits per heavy atom. The second-order valence-electron chi connectivity index (χ2n) is 4.83. The summed E-state index contributed by atoms with van der Waals surface area (Å²) in [5.74, 6) is 0.757. The fourth-order valence-corrected chi connectivity index (χ4v) is 1.98. The monoisotopic (exact) mass is 293 g/mol. The molecule has 0 saturated carbocycles. The maximum absolute atomic E-state index is 6.07. The first-order chi connectivity index (χ1) is 10.3. The van der Waals surface area contributed by atoms with Crippen LogP contribution in [0.15, 0.2) is 34.7 Å². The van der Waals surface area contributed by atoms with Crippen molar-refractivity contribution >= 4 is 11.0 Å². The smallest absolute Gasteiger partial charge is 0.134 e. The van der Waals surface area contributed by atoms with Gasteiger partial charge in [0.2, 0.25) is 0 Å². The lowest BCUT2D eigenvalue weighted by Gasteiger charge is -2.09. The molecule has 2 aromatic rings. The number of hydrogen-bond acceptors (Lipinski definition) is 5. The molecule has 5 nitrogen and oxygen atoms in total.